The summed E-state index contributed by atoms with van der Waals surface area (Å²) < 4.78 is 53.6. The number of hydrogen-bond donors (Lipinski definition) is 1. The normalized spacial score (nSPS) is 11.2. The molecule has 0 aliphatic carbocycles. The summed E-state index contributed by atoms with van der Waals surface area (Å²) in [6, 6.07) is 7.37. The SMILES string of the molecule is COc1ncc(Cc2c[nH+]c(OCCc3ccc(Oc4cnc(C(F)(F)F)nc4)cc3)[nH]c2=O)cn1. The van der Waals surface area contributed by atoms with Gasteiger partial charge in [0.1, 0.15) is 11.9 Å². The van der Waals surface area contributed by atoms with Gasteiger partial charge in [0, 0.05) is 25.2 Å². The summed E-state index contributed by atoms with van der Waals surface area (Å²) in [4.78, 5) is 32.5. The molecule has 0 spiro atoms. The molecule has 0 unspecified atom stereocenters. The van der Waals surface area contributed by atoms with Gasteiger partial charge in [0.15, 0.2) is 5.75 Å². The summed E-state index contributed by atoms with van der Waals surface area (Å²) >= 11 is 0. The minimum absolute atomic E-state index is 0.0848. The Labute approximate surface area is 202 Å². The summed E-state index contributed by atoms with van der Waals surface area (Å²) in [6.07, 6.45) is 2.92. The van der Waals surface area contributed by atoms with Crippen LogP contribution in [0.25, 0.3) is 0 Å². The Hall–Kier alpha value is -4.55. The number of alkyl halides is 3. The molecule has 10 nitrogen and oxygen atoms in total. The smallest absolute Gasteiger partial charge is 0.454 e. The fourth-order valence-corrected chi connectivity index (χ4v) is 3.05. The molecule has 1 aromatic carbocycles. The van der Waals surface area contributed by atoms with Crippen molar-refractivity contribution in [2.75, 3.05) is 13.7 Å². The topological polar surface area (TPSA) is 126 Å². The Balaban J connectivity index is 1.27. The van der Waals surface area contributed by atoms with Crippen molar-refractivity contribution in [3.8, 4) is 23.5 Å². The Bertz CT molecular complexity index is 1340. The van der Waals surface area contributed by atoms with Crippen LogP contribution < -0.4 is 24.8 Å². The first-order chi connectivity index (χ1) is 17.3. The number of methoxy groups -OCH3 is 1. The van der Waals surface area contributed by atoms with Gasteiger partial charge in [-0.15, -0.1) is 0 Å². The summed E-state index contributed by atoms with van der Waals surface area (Å²) in [7, 11) is 1.47. The van der Waals surface area contributed by atoms with Crippen LogP contribution in [0.15, 0.2) is 60.0 Å². The van der Waals surface area contributed by atoms with Crippen LogP contribution in [0.5, 0.6) is 23.5 Å². The molecule has 0 atom stereocenters. The number of hydrogen-bond acceptors (Lipinski definition) is 8. The molecular weight excluding hydrogens is 481 g/mol. The van der Waals surface area contributed by atoms with Gasteiger partial charge in [0.25, 0.3) is 0 Å². The zero-order valence-corrected chi connectivity index (χ0v) is 18.9. The van der Waals surface area contributed by atoms with Crippen molar-refractivity contribution in [3.05, 3.63) is 88.1 Å². The molecule has 0 radical (unpaired) electrons. The van der Waals surface area contributed by atoms with Gasteiger partial charge < -0.3 is 14.2 Å². The molecule has 2 N–H and O–H groups in total. The quantitative estimate of drug-likeness (QED) is 0.371. The number of nitrogens with zero attached hydrogens (tertiary/aromatic N) is 4. The minimum atomic E-state index is -4.61. The highest BCUT2D eigenvalue weighted by atomic mass is 19.4. The van der Waals surface area contributed by atoms with Crippen molar-refractivity contribution in [3.63, 3.8) is 0 Å². The highest BCUT2D eigenvalue weighted by molar-refractivity contribution is 5.31. The van der Waals surface area contributed by atoms with E-state index in [0.717, 1.165) is 23.5 Å². The van der Waals surface area contributed by atoms with Crippen LogP contribution in [0.1, 0.15) is 22.5 Å². The lowest BCUT2D eigenvalue weighted by molar-refractivity contribution is -0.400. The maximum Gasteiger partial charge on any atom is 0.454 e. The van der Waals surface area contributed by atoms with E-state index < -0.39 is 12.0 Å². The highest BCUT2D eigenvalue weighted by Crippen LogP contribution is 2.27. The molecule has 3 heterocycles. The summed E-state index contributed by atoms with van der Waals surface area (Å²) in [5.41, 5.74) is 1.87. The van der Waals surface area contributed by atoms with E-state index in [9.17, 15) is 18.0 Å². The fraction of sp³-hybridized carbons (Fsp3) is 0.217. The second kappa shape index (κ2) is 10.8. The van der Waals surface area contributed by atoms with E-state index in [-0.39, 0.29) is 29.9 Å². The molecular formula is C23H20F3N6O4+. The van der Waals surface area contributed by atoms with Crippen molar-refractivity contribution < 1.29 is 32.4 Å². The Kier molecular flexibility index (Phi) is 7.37. The van der Waals surface area contributed by atoms with E-state index in [1.54, 1.807) is 42.9 Å². The zero-order valence-electron chi connectivity index (χ0n) is 18.9. The molecule has 186 valence electrons. The van der Waals surface area contributed by atoms with Gasteiger partial charge in [-0.1, -0.05) is 12.1 Å². The van der Waals surface area contributed by atoms with Gasteiger partial charge in [-0.3, -0.25) is 0 Å². The molecule has 3 aromatic heterocycles. The maximum atomic E-state index is 12.5. The van der Waals surface area contributed by atoms with Gasteiger partial charge in [0.2, 0.25) is 5.82 Å². The lowest BCUT2D eigenvalue weighted by Gasteiger charge is -2.08. The summed E-state index contributed by atoms with van der Waals surface area (Å²) in [6.45, 7) is 0.283. The first-order valence-electron chi connectivity index (χ1n) is 10.6. The Morgan fingerprint density at radius 3 is 2.25 bits per heavy atom. The number of H-pyrrole nitrogens is 2. The van der Waals surface area contributed by atoms with Gasteiger partial charge in [-0.25, -0.2) is 29.7 Å². The molecule has 0 aliphatic heterocycles. The standard InChI is InChI=1S/C23H19F3N6O4/c1-34-21-29-9-15(10-30-21)8-16-11-31-22(32-19(16)33)35-7-6-14-2-4-17(5-3-14)36-18-12-27-20(28-13-18)23(24,25)26/h2-5,9-13H,6-8H2,1H3,(H,31,32,33)/p+1. The van der Waals surface area contributed by atoms with Crippen molar-refractivity contribution in [2.24, 2.45) is 0 Å². The van der Waals surface area contributed by atoms with Crippen LogP contribution in [0.3, 0.4) is 0 Å². The lowest BCUT2D eigenvalue weighted by atomic mass is 10.1. The molecule has 13 heteroatoms. The van der Waals surface area contributed by atoms with Gasteiger partial charge in [0.05, 0.1) is 31.7 Å². The molecule has 0 saturated carbocycles. The summed E-state index contributed by atoms with van der Waals surface area (Å²) in [5.74, 6) is -0.731. The van der Waals surface area contributed by atoms with Crippen molar-refractivity contribution in [1.29, 1.82) is 0 Å². The average Bonchev–Trinajstić information content (AvgIpc) is 2.87. The number of ether oxygens (including phenoxy) is 3. The van der Waals surface area contributed by atoms with E-state index in [1.807, 2.05) is 0 Å². The maximum absolute atomic E-state index is 12.5. The second-order valence-corrected chi connectivity index (χ2v) is 7.44. The third kappa shape index (κ3) is 6.52. The number of halogens is 3. The van der Waals surface area contributed by atoms with Crippen LogP contribution in [0.4, 0.5) is 13.2 Å². The number of aromatic nitrogens is 6. The molecule has 0 fully saturated rings. The van der Waals surface area contributed by atoms with Gasteiger partial charge in [-0.2, -0.15) is 18.2 Å². The molecule has 0 saturated heterocycles. The predicted octanol–water partition coefficient (Wildman–Crippen LogP) is 2.80. The van der Waals surface area contributed by atoms with Gasteiger partial charge in [-0.05, 0) is 23.3 Å². The molecule has 36 heavy (non-hydrogen) atoms. The number of nitrogens with one attached hydrogen (secondary N) is 2. The molecule has 0 bridgehead atoms. The van der Waals surface area contributed by atoms with E-state index in [1.165, 1.54) is 7.11 Å². The monoisotopic (exact) mass is 501 g/mol. The first kappa shape index (κ1) is 24.6. The first-order valence-corrected chi connectivity index (χ1v) is 10.6. The number of benzene rings is 1. The third-order valence-electron chi connectivity index (χ3n) is 4.83. The fourth-order valence-electron chi connectivity index (χ4n) is 3.05. The average molecular weight is 501 g/mol. The van der Waals surface area contributed by atoms with Crippen molar-refractivity contribution in [1.82, 2.24) is 24.9 Å². The van der Waals surface area contributed by atoms with E-state index in [0.29, 0.717) is 24.2 Å². The Morgan fingerprint density at radius 1 is 0.944 bits per heavy atom. The van der Waals surface area contributed by atoms with E-state index in [4.69, 9.17) is 14.2 Å². The lowest BCUT2D eigenvalue weighted by Crippen LogP contribution is -2.24. The second-order valence-electron chi connectivity index (χ2n) is 7.44. The largest absolute Gasteiger partial charge is 0.467 e. The predicted molar refractivity (Wildman–Crippen MR) is 118 cm³/mol. The zero-order chi connectivity index (χ0) is 25.5. The minimum Gasteiger partial charge on any atom is -0.467 e. The summed E-state index contributed by atoms with van der Waals surface area (Å²) in [5, 5.41) is 0. The van der Waals surface area contributed by atoms with E-state index in [2.05, 4.69) is 29.9 Å². The third-order valence-corrected chi connectivity index (χ3v) is 4.83. The molecule has 4 rings (SSSR count). The van der Waals surface area contributed by atoms with Crippen LogP contribution in [-0.4, -0.2) is 38.6 Å². The van der Waals surface area contributed by atoms with E-state index >= 15 is 0 Å². The highest BCUT2D eigenvalue weighted by Gasteiger charge is 2.34. The van der Waals surface area contributed by atoms with Crippen LogP contribution in [-0.2, 0) is 19.0 Å². The Morgan fingerprint density at radius 2 is 1.64 bits per heavy atom. The van der Waals surface area contributed by atoms with Crippen molar-refractivity contribution in [2.45, 2.75) is 19.0 Å². The van der Waals surface area contributed by atoms with Gasteiger partial charge >= 0.3 is 23.8 Å². The number of aromatic amines is 2. The van der Waals surface area contributed by atoms with Crippen LogP contribution >= 0.6 is 0 Å². The van der Waals surface area contributed by atoms with Crippen LogP contribution in [0.2, 0.25) is 0 Å². The molecule has 4 aromatic rings. The number of rotatable bonds is 9. The van der Waals surface area contributed by atoms with Crippen LogP contribution in [0, 0.1) is 0 Å². The van der Waals surface area contributed by atoms with Crippen molar-refractivity contribution >= 4 is 0 Å². The molecule has 0 amide bonds. The molecule has 0 aliphatic rings.